The van der Waals surface area contributed by atoms with Gasteiger partial charge >= 0.3 is 0 Å². The maximum absolute atomic E-state index is 11.9. The van der Waals surface area contributed by atoms with Gasteiger partial charge in [0.05, 0.1) is 6.61 Å². The van der Waals surface area contributed by atoms with Crippen molar-refractivity contribution in [1.29, 1.82) is 0 Å². The molecule has 2 aromatic rings. The summed E-state index contributed by atoms with van der Waals surface area (Å²) < 4.78 is 0. The van der Waals surface area contributed by atoms with Crippen molar-refractivity contribution in [3.8, 4) is 0 Å². The van der Waals surface area contributed by atoms with Crippen molar-refractivity contribution in [2.45, 2.75) is 19.7 Å². The molecule has 5 heteroatoms. The van der Waals surface area contributed by atoms with Gasteiger partial charge in [0.25, 0.3) is 0 Å². The van der Waals surface area contributed by atoms with E-state index in [1.165, 1.54) is 23.0 Å². The monoisotopic (exact) mass is 330 g/mol. The van der Waals surface area contributed by atoms with Gasteiger partial charge in [-0.15, -0.1) is 11.3 Å². The fraction of sp³-hybridized carbons (Fsp3) is 0.278. The summed E-state index contributed by atoms with van der Waals surface area (Å²) in [6.45, 7) is 1.39. The Hall–Kier alpha value is -1.95. The maximum Gasteiger partial charge on any atom is 0.244 e. The normalized spacial score (nSPS) is 11.3. The highest BCUT2D eigenvalue weighted by Gasteiger charge is 2.04. The SMILES string of the molecule is CN(C)Cc1ccccc1CNC(=O)C=Cc1cc(CO)cs1. The number of rotatable bonds is 7. The Kier molecular flexibility index (Phi) is 6.52. The van der Waals surface area contributed by atoms with Crippen LogP contribution in [0.3, 0.4) is 0 Å². The number of thiophene rings is 1. The maximum atomic E-state index is 11.9. The van der Waals surface area contributed by atoms with E-state index >= 15 is 0 Å². The zero-order chi connectivity index (χ0) is 16.7. The summed E-state index contributed by atoms with van der Waals surface area (Å²) in [5.74, 6) is -0.122. The lowest BCUT2D eigenvalue weighted by atomic mass is 10.1. The second-order valence-corrected chi connectivity index (χ2v) is 6.52. The van der Waals surface area contributed by atoms with E-state index in [9.17, 15) is 4.79 Å². The van der Waals surface area contributed by atoms with Crippen LogP contribution in [0.2, 0.25) is 0 Å². The van der Waals surface area contributed by atoms with Gasteiger partial charge in [-0.2, -0.15) is 0 Å². The third kappa shape index (κ3) is 5.63. The highest BCUT2D eigenvalue weighted by atomic mass is 32.1. The van der Waals surface area contributed by atoms with Gasteiger partial charge in [-0.25, -0.2) is 0 Å². The zero-order valence-electron chi connectivity index (χ0n) is 13.5. The Morgan fingerprint density at radius 1 is 1.30 bits per heavy atom. The van der Waals surface area contributed by atoms with Gasteiger partial charge < -0.3 is 15.3 Å². The van der Waals surface area contributed by atoms with E-state index in [1.807, 2.05) is 43.7 Å². The quantitative estimate of drug-likeness (QED) is 0.768. The summed E-state index contributed by atoms with van der Waals surface area (Å²) >= 11 is 1.51. The molecule has 1 heterocycles. The van der Waals surface area contributed by atoms with Crippen LogP contribution in [0.5, 0.6) is 0 Å². The first-order chi connectivity index (χ1) is 11.1. The summed E-state index contributed by atoms with van der Waals surface area (Å²) in [5.41, 5.74) is 3.21. The minimum absolute atomic E-state index is 0.0270. The van der Waals surface area contributed by atoms with Gasteiger partial charge in [-0.3, -0.25) is 4.79 Å². The number of amides is 1. The topological polar surface area (TPSA) is 52.6 Å². The second kappa shape index (κ2) is 8.62. The molecule has 0 spiro atoms. The van der Waals surface area contributed by atoms with Gasteiger partial charge in [0.2, 0.25) is 5.91 Å². The molecule has 0 radical (unpaired) electrons. The van der Waals surface area contributed by atoms with Gasteiger partial charge in [0, 0.05) is 24.0 Å². The fourth-order valence-electron chi connectivity index (χ4n) is 2.19. The summed E-state index contributed by atoms with van der Waals surface area (Å²) in [5, 5.41) is 13.8. The first-order valence-electron chi connectivity index (χ1n) is 7.44. The van der Waals surface area contributed by atoms with Crippen molar-refractivity contribution in [3.63, 3.8) is 0 Å². The molecule has 0 aliphatic carbocycles. The van der Waals surface area contributed by atoms with E-state index in [0.29, 0.717) is 6.54 Å². The standard InChI is InChI=1S/C18H22N2O2S/c1-20(2)11-16-6-4-3-5-15(16)10-19-18(22)8-7-17-9-14(12-21)13-23-17/h3-9,13,21H,10-12H2,1-2H3,(H,19,22). The Bertz CT molecular complexity index is 677. The van der Waals surface area contributed by atoms with Crippen LogP contribution >= 0.6 is 11.3 Å². The van der Waals surface area contributed by atoms with Gasteiger partial charge in [-0.1, -0.05) is 24.3 Å². The number of nitrogens with zero attached hydrogens (tertiary/aromatic N) is 1. The van der Waals surface area contributed by atoms with E-state index in [-0.39, 0.29) is 12.5 Å². The molecule has 0 unspecified atom stereocenters. The molecule has 1 aromatic carbocycles. The predicted octanol–water partition coefficient (Wildman–Crippen LogP) is 2.63. The van der Waals surface area contributed by atoms with Gasteiger partial charge in [0.1, 0.15) is 0 Å². The smallest absolute Gasteiger partial charge is 0.244 e. The van der Waals surface area contributed by atoms with Crippen LogP contribution in [0.1, 0.15) is 21.6 Å². The van der Waals surface area contributed by atoms with E-state index in [4.69, 9.17) is 5.11 Å². The third-order valence-electron chi connectivity index (χ3n) is 3.31. The average Bonchev–Trinajstić information content (AvgIpc) is 2.99. The molecule has 0 bridgehead atoms. The molecule has 0 saturated heterocycles. The van der Waals surface area contributed by atoms with Crippen LogP contribution in [0, 0.1) is 0 Å². The molecule has 0 fully saturated rings. The van der Waals surface area contributed by atoms with Crippen molar-refractivity contribution in [1.82, 2.24) is 10.2 Å². The van der Waals surface area contributed by atoms with Crippen molar-refractivity contribution in [2.75, 3.05) is 14.1 Å². The van der Waals surface area contributed by atoms with Gasteiger partial charge in [-0.05, 0) is 48.3 Å². The predicted molar refractivity (Wildman–Crippen MR) is 95.0 cm³/mol. The molecule has 2 rings (SSSR count). The molecule has 0 atom stereocenters. The number of benzene rings is 1. The Morgan fingerprint density at radius 2 is 2.04 bits per heavy atom. The molecule has 23 heavy (non-hydrogen) atoms. The number of carbonyl (C=O) groups is 1. The van der Waals surface area contributed by atoms with Crippen LogP contribution in [0.4, 0.5) is 0 Å². The molecule has 1 amide bonds. The molecule has 0 aliphatic rings. The first kappa shape index (κ1) is 17.4. The molecule has 2 N–H and O–H groups in total. The number of aliphatic hydroxyl groups is 1. The number of hydrogen-bond acceptors (Lipinski definition) is 4. The van der Waals surface area contributed by atoms with Crippen LogP contribution in [0.25, 0.3) is 6.08 Å². The average molecular weight is 330 g/mol. The highest BCUT2D eigenvalue weighted by molar-refractivity contribution is 7.11. The van der Waals surface area contributed by atoms with E-state index in [1.54, 1.807) is 6.08 Å². The lowest BCUT2D eigenvalue weighted by molar-refractivity contribution is -0.116. The first-order valence-corrected chi connectivity index (χ1v) is 8.32. The van der Waals surface area contributed by atoms with Crippen LogP contribution in [-0.2, 0) is 24.5 Å². The van der Waals surface area contributed by atoms with Crippen molar-refractivity contribution >= 4 is 23.3 Å². The Morgan fingerprint density at radius 3 is 2.70 bits per heavy atom. The van der Waals surface area contributed by atoms with Crippen LogP contribution in [-0.4, -0.2) is 30.0 Å². The molecule has 4 nitrogen and oxygen atoms in total. The lowest BCUT2D eigenvalue weighted by Gasteiger charge is -2.14. The van der Waals surface area contributed by atoms with E-state index in [2.05, 4.69) is 16.3 Å². The molecule has 0 aliphatic heterocycles. The molecular formula is C18H22N2O2S. The largest absolute Gasteiger partial charge is 0.392 e. The third-order valence-corrected chi connectivity index (χ3v) is 4.26. The minimum atomic E-state index is -0.122. The van der Waals surface area contributed by atoms with Crippen LogP contribution in [0.15, 0.2) is 41.8 Å². The Labute approximate surface area is 141 Å². The summed E-state index contributed by atoms with van der Waals surface area (Å²) in [6.07, 6.45) is 3.30. The highest BCUT2D eigenvalue weighted by Crippen LogP contribution is 2.16. The van der Waals surface area contributed by atoms with Crippen molar-refractivity contribution in [2.24, 2.45) is 0 Å². The molecular weight excluding hydrogens is 308 g/mol. The number of aliphatic hydroxyl groups excluding tert-OH is 1. The number of hydrogen-bond donors (Lipinski definition) is 2. The fourth-order valence-corrected chi connectivity index (χ4v) is 2.98. The Balaban J connectivity index is 1.91. The number of carbonyl (C=O) groups excluding carboxylic acids is 1. The second-order valence-electron chi connectivity index (χ2n) is 5.57. The minimum Gasteiger partial charge on any atom is -0.392 e. The summed E-state index contributed by atoms with van der Waals surface area (Å²) in [7, 11) is 4.06. The van der Waals surface area contributed by atoms with Crippen molar-refractivity contribution < 1.29 is 9.90 Å². The zero-order valence-corrected chi connectivity index (χ0v) is 14.3. The van der Waals surface area contributed by atoms with E-state index in [0.717, 1.165) is 22.5 Å². The molecule has 122 valence electrons. The summed E-state index contributed by atoms with van der Waals surface area (Å²) in [6, 6.07) is 9.99. The molecule has 1 aromatic heterocycles. The van der Waals surface area contributed by atoms with Crippen molar-refractivity contribution in [3.05, 3.63) is 63.4 Å². The van der Waals surface area contributed by atoms with Crippen LogP contribution < -0.4 is 5.32 Å². The van der Waals surface area contributed by atoms with Gasteiger partial charge in [0.15, 0.2) is 0 Å². The van der Waals surface area contributed by atoms with E-state index < -0.39 is 0 Å². The summed E-state index contributed by atoms with van der Waals surface area (Å²) in [4.78, 5) is 15.0. The molecule has 0 saturated carbocycles. The number of nitrogens with one attached hydrogen (secondary N) is 1. The lowest BCUT2D eigenvalue weighted by Crippen LogP contribution is -2.22.